The van der Waals surface area contributed by atoms with Gasteiger partial charge in [-0.2, -0.15) is 0 Å². The van der Waals surface area contributed by atoms with Gasteiger partial charge in [-0.1, -0.05) is 6.07 Å². The molecule has 0 unspecified atom stereocenters. The molecule has 24 heavy (non-hydrogen) atoms. The molecule has 3 aromatic rings. The number of hydrogen-bond acceptors (Lipinski definition) is 5. The van der Waals surface area contributed by atoms with Crippen LogP contribution in [0.4, 0.5) is 0 Å². The van der Waals surface area contributed by atoms with Gasteiger partial charge in [0.2, 0.25) is 0 Å². The van der Waals surface area contributed by atoms with E-state index in [1.807, 2.05) is 13.0 Å². The minimum absolute atomic E-state index is 0.00788. The quantitative estimate of drug-likeness (QED) is 0.678. The van der Waals surface area contributed by atoms with Crippen molar-refractivity contribution in [3.05, 3.63) is 57.2 Å². The normalized spacial score (nSPS) is 14.5. The smallest absolute Gasteiger partial charge is 0.272 e. The van der Waals surface area contributed by atoms with Crippen molar-refractivity contribution in [2.75, 3.05) is 13.1 Å². The molecule has 1 amide bonds. The Morgan fingerprint density at radius 3 is 2.92 bits per heavy atom. The van der Waals surface area contributed by atoms with Gasteiger partial charge in [0.15, 0.2) is 0 Å². The summed E-state index contributed by atoms with van der Waals surface area (Å²) in [5.41, 5.74) is 0.423. The maximum absolute atomic E-state index is 12.7. The molecule has 1 aliphatic rings. The van der Waals surface area contributed by atoms with E-state index >= 15 is 0 Å². The van der Waals surface area contributed by atoms with Crippen LogP contribution in [0, 0.1) is 6.92 Å². The second-order valence-corrected chi connectivity index (χ2v) is 7.05. The molecule has 0 atom stereocenters. The number of hydrogen-bond donors (Lipinski definition) is 0. The topological polar surface area (TPSA) is 68.1 Å². The molecule has 0 bridgehead atoms. The molecule has 122 valence electrons. The average Bonchev–Trinajstić information content (AvgIpc) is 2.84. The fraction of sp³-hybridized carbons (Fsp3) is 0.294. The molecule has 4 rings (SSSR count). The van der Waals surface area contributed by atoms with Crippen LogP contribution < -0.4 is 5.56 Å². The van der Waals surface area contributed by atoms with Crippen molar-refractivity contribution in [3.63, 3.8) is 0 Å². The Kier molecular flexibility index (Phi) is 3.65. The highest BCUT2D eigenvalue weighted by Gasteiger charge is 2.22. The molecule has 0 saturated carbocycles. The molecule has 0 spiro atoms. The zero-order valence-electron chi connectivity index (χ0n) is 13.2. The Morgan fingerprint density at radius 1 is 1.25 bits per heavy atom. The van der Waals surface area contributed by atoms with Gasteiger partial charge >= 0.3 is 0 Å². The summed E-state index contributed by atoms with van der Waals surface area (Å²) in [7, 11) is 0. The number of aryl methyl sites for hydroxylation is 1. The number of fused-ring (bicyclic) bond motifs is 2. The van der Waals surface area contributed by atoms with E-state index in [2.05, 4.69) is 9.97 Å². The first-order valence-corrected chi connectivity index (χ1v) is 8.65. The Labute approximate surface area is 142 Å². The van der Waals surface area contributed by atoms with Crippen LogP contribution >= 0.6 is 11.3 Å². The van der Waals surface area contributed by atoms with Crippen molar-refractivity contribution >= 4 is 27.5 Å². The number of aromatic nitrogens is 3. The summed E-state index contributed by atoms with van der Waals surface area (Å²) >= 11 is 1.53. The molecular weight excluding hydrogens is 324 g/mol. The number of pyridine rings is 1. The Balaban J connectivity index is 1.66. The summed E-state index contributed by atoms with van der Waals surface area (Å²) in [4.78, 5) is 37.7. The molecule has 0 fully saturated rings. The lowest BCUT2D eigenvalue weighted by Crippen LogP contribution is -2.34. The molecule has 7 heteroatoms. The lowest BCUT2D eigenvalue weighted by atomic mass is 10.3. The van der Waals surface area contributed by atoms with Crippen LogP contribution in [0.15, 0.2) is 35.3 Å². The Morgan fingerprint density at radius 2 is 2.12 bits per heavy atom. The molecule has 0 aromatic carbocycles. The van der Waals surface area contributed by atoms with E-state index < -0.39 is 0 Å². The third kappa shape index (κ3) is 2.50. The van der Waals surface area contributed by atoms with Crippen molar-refractivity contribution < 1.29 is 4.79 Å². The Bertz CT molecular complexity index is 977. The summed E-state index contributed by atoms with van der Waals surface area (Å²) in [5, 5.41) is 0.672. The van der Waals surface area contributed by atoms with E-state index in [-0.39, 0.29) is 11.5 Å². The molecule has 0 aliphatic carbocycles. The van der Waals surface area contributed by atoms with Crippen LogP contribution in [-0.2, 0) is 13.0 Å². The van der Waals surface area contributed by atoms with Gasteiger partial charge in [0, 0.05) is 37.1 Å². The maximum atomic E-state index is 12.7. The highest BCUT2D eigenvalue weighted by atomic mass is 32.1. The van der Waals surface area contributed by atoms with E-state index in [4.69, 9.17) is 0 Å². The van der Waals surface area contributed by atoms with Crippen LogP contribution in [0.3, 0.4) is 0 Å². The largest absolute Gasteiger partial charge is 0.335 e. The van der Waals surface area contributed by atoms with Crippen molar-refractivity contribution in [2.45, 2.75) is 19.9 Å². The molecule has 4 heterocycles. The minimum atomic E-state index is -0.103. The SMILES string of the molecule is Cc1cc2c(=O)n3c(nc2s1)CCN(C(=O)c1ccccn1)CC3. The number of thiophene rings is 1. The predicted octanol–water partition coefficient (Wildman–Crippen LogP) is 1.86. The maximum Gasteiger partial charge on any atom is 0.272 e. The first-order chi connectivity index (χ1) is 11.6. The summed E-state index contributed by atoms with van der Waals surface area (Å²) in [5.74, 6) is 0.653. The zero-order chi connectivity index (χ0) is 16.7. The second-order valence-electron chi connectivity index (χ2n) is 5.82. The van der Waals surface area contributed by atoms with Gasteiger partial charge in [0.1, 0.15) is 16.3 Å². The van der Waals surface area contributed by atoms with Crippen LogP contribution in [0.1, 0.15) is 21.2 Å². The van der Waals surface area contributed by atoms with E-state index in [1.165, 1.54) is 11.3 Å². The molecule has 1 aliphatic heterocycles. The van der Waals surface area contributed by atoms with Gasteiger partial charge in [-0.3, -0.25) is 19.1 Å². The lowest BCUT2D eigenvalue weighted by molar-refractivity contribution is 0.0753. The monoisotopic (exact) mass is 340 g/mol. The number of rotatable bonds is 1. The van der Waals surface area contributed by atoms with E-state index in [1.54, 1.807) is 33.9 Å². The molecule has 3 aromatic heterocycles. The van der Waals surface area contributed by atoms with Crippen molar-refractivity contribution in [1.29, 1.82) is 0 Å². The molecule has 0 saturated heterocycles. The number of amides is 1. The number of carbonyl (C=O) groups is 1. The summed E-state index contributed by atoms with van der Waals surface area (Å²) in [6, 6.07) is 7.19. The first kappa shape index (κ1) is 15.0. The first-order valence-electron chi connectivity index (χ1n) is 7.83. The predicted molar refractivity (Wildman–Crippen MR) is 92.5 cm³/mol. The highest BCUT2D eigenvalue weighted by Crippen LogP contribution is 2.21. The fourth-order valence-electron chi connectivity index (χ4n) is 3.02. The van der Waals surface area contributed by atoms with E-state index in [9.17, 15) is 9.59 Å². The highest BCUT2D eigenvalue weighted by molar-refractivity contribution is 7.18. The molecule has 0 radical (unpaired) electrons. The fourth-order valence-corrected chi connectivity index (χ4v) is 3.91. The standard InChI is InChI=1S/C17H16N4O2S/c1-11-10-12-15(24-11)19-14-5-7-20(8-9-21(14)16(12)22)17(23)13-4-2-3-6-18-13/h2-4,6,10H,5,7-9H2,1H3. The van der Waals surface area contributed by atoms with E-state index in [0.717, 1.165) is 15.5 Å². The Hall–Kier alpha value is -2.54. The van der Waals surface area contributed by atoms with Gasteiger partial charge in [-0.15, -0.1) is 11.3 Å². The summed E-state index contributed by atoms with van der Waals surface area (Å²) in [6.07, 6.45) is 2.18. The van der Waals surface area contributed by atoms with Crippen LogP contribution in [-0.4, -0.2) is 38.4 Å². The lowest BCUT2D eigenvalue weighted by Gasteiger charge is -2.19. The molecule has 6 nitrogen and oxygen atoms in total. The van der Waals surface area contributed by atoms with Crippen molar-refractivity contribution in [3.8, 4) is 0 Å². The zero-order valence-corrected chi connectivity index (χ0v) is 14.0. The van der Waals surface area contributed by atoms with Crippen LogP contribution in [0.2, 0.25) is 0 Å². The number of carbonyl (C=O) groups excluding carboxylic acids is 1. The summed E-state index contributed by atoms with van der Waals surface area (Å²) < 4.78 is 1.71. The van der Waals surface area contributed by atoms with Gasteiger partial charge in [0.05, 0.1) is 5.39 Å². The van der Waals surface area contributed by atoms with Gasteiger partial charge in [-0.25, -0.2) is 4.98 Å². The van der Waals surface area contributed by atoms with Crippen molar-refractivity contribution in [2.24, 2.45) is 0 Å². The summed E-state index contributed by atoms with van der Waals surface area (Å²) in [6.45, 7) is 3.47. The van der Waals surface area contributed by atoms with Crippen LogP contribution in [0.5, 0.6) is 0 Å². The van der Waals surface area contributed by atoms with Gasteiger partial charge in [0.25, 0.3) is 11.5 Å². The third-order valence-electron chi connectivity index (χ3n) is 4.22. The molecule has 0 N–H and O–H groups in total. The van der Waals surface area contributed by atoms with Crippen LogP contribution in [0.25, 0.3) is 10.2 Å². The average molecular weight is 340 g/mol. The van der Waals surface area contributed by atoms with Gasteiger partial charge < -0.3 is 4.90 Å². The van der Waals surface area contributed by atoms with Crippen molar-refractivity contribution in [1.82, 2.24) is 19.4 Å². The third-order valence-corrected chi connectivity index (χ3v) is 5.17. The minimum Gasteiger partial charge on any atom is -0.335 e. The van der Waals surface area contributed by atoms with E-state index in [0.29, 0.717) is 37.1 Å². The second kappa shape index (κ2) is 5.83. The molecular formula is C17H16N4O2S. The van der Waals surface area contributed by atoms with Gasteiger partial charge in [-0.05, 0) is 25.1 Å². The number of nitrogens with zero attached hydrogens (tertiary/aromatic N) is 4.